The van der Waals surface area contributed by atoms with Crippen molar-refractivity contribution in [3.8, 4) is 5.75 Å². The Balaban J connectivity index is 1.63. The smallest absolute Gasteiger partial charge is 0.433 e. The van der Waals surface area contributed by atoms with Crippen LogP contribution in [0.2, 0.25) is 0 Å². The Hall–Kier alpha value is -3.02. The summed E-state index contributed by atoms with van der Waals surface area (Å²) in [6, 6.07) is 6.31. The molecule has 0 saturated carbocycles. The fourth-order valence-corrected chi connectivity index (χ4v) is 4.69. The highest BCUT2D eigenvalue weighted by atomic mass is 32.1. The van der Waals surface area contributed by atoms with Crippen LogP contribution in [0.15, 0.2) is 28.7 Å². The van der Waals surface area contributed by atoms with Crippen LogP contribution in [-0.4, -0.2) is 67.2 Å². The first kappa shape index (κ1) is 22.2. The molecule has 1 aromatic carbocycles. The molecule has 1 saturated heterocycles. The number of fused-ring (bicyclic) bond motifs is 1. The van der Waals surface area contributed by atoms with Gasteiger partial charge in [-0.3, -0.25) is 24.7 Å². The van der Waals surface area contributed by atoms with Crippen molar-refractivity contribution in [3.05, 3.63) is 45.7 Å². The minimum absolute atomic E-state index is 0.0917. The maximum absolute atomic E-state index is 13.3. The molecule has 11 heteroatoms. The Labute approximate surface area is 188 Å². The number of amides is 1. The van der Waals surface area contributed by atoms with Crippen LogP contribution < -0.4 is 9.64 Å². The summed E-state index contributed by atoms with van der Waals surface area (Å²) in [5, 5.41) is 11.5. The lowest BCUT2D eigenvalue weighted by Gasteiger charge is -2.27. The van der Waals surface area contributed by atoms with Gasteiger partial charge in [0.2, 0.25) is 0 Å². The minimum atomic E-state index is -0.661. The second-order valence-corrected chi connectivity index (χ2v) is 8.40. The lowest BCUT2D eigenvalue weighted by Crippen LogP contribution is -2.39. The average Bonchev–Trinajstić information content (AvgIpc) is 3.46. The van der Waals surface area contributed by atoms with Gasteiger partial charge in [-0.15, -0.1) is 0 Å². The predicted molar refractivity (Wildman–Crippen MR) is 120 cm³/mol. The van der Waals surface area contributed by atoms with E-state index in [0.29, 0.717) is 42.6 Å². The molecular formula is C21H24N4O6S. The molecule has 2 aromatic heterocycles. The van der Waals surface area contributed by atoms with Crippen LogP contribution in [0.1, 0.15) is 22.5 Å². The van der Waals surface area contributed by atoms with Gasteiger partial charge in [0, 0.05) is 26.2 Å². The molecule has 0 atom stereocenters. The molecule has 0 N–H and O–H groups in total. The van der Waals surface area contributed by atoms with Crippen molar-refractivity contribution in [2.45, 2.75) is 13.3 Å². The molecule has 170 valence electrons. The number of methoxy groups -OCH3 is 1. The normalized spacial score (nSPS) is 14.6. The number of hydrogen-bond acceptors (Lipinski definition) is 9. The van der Waals surface area contributed by atoms with Crippen LogP contribution >= 0.6 is 11.3 Å². The number of aryl methyl sites for hydroxylation is 1. The van der Waals surface area contributed by atoms with Gasteiger partial charge in [-0.2, -0.15) is 0 Å². The molecule has 3 heterocycles. The summed E-state index contributed by atoms with van der Waals surface area (Å²) >= 11 is 1.39. The van der Waals surface area contributed by atoms with Gasteiger partial charge in [0.25, 0.3) is 5.91 Å². The number of anilines is 1. The van der Waals surface area contributed by atoms with E-state index in [-0.39, 0.29) is 5.76 Å². The summed E-state index contributed by atoms with van der Waals surface area (Å²) in [7, 11) is 1.58. The maximum Gasteiger partial charge on any atom is 0.433 e. The summed E-state index contributed by atoms with van der Waals surface area (Å²) < 4.78 is 16.9. The van der Waals surface area contributed by atoms with Crippen molar-refractivity contribution >= 4 is 38.5 Å². The Morgan fingerprint density at radius 1 is 1.31 bits per heavy atom. The van der Waals surface area contributed by atoms with Gasteiger partial charge in [-0.25, -0.2) is 4.98 Å². The van der Waals surface area contributed by atoms with Gasteiger partial charge in [-0.05, 0) is 31.0 Å². The van der Waals surface area contributed by atoms with Gasteiger partial charge in [-0.1, -0.05) is 17.4 Å². The summed E-state index contributed by atoms with van der Waals surface area (Å²) in [5.74, 6) is -0.396. The summed E-state index contributed by atoms with van der Waals surface area (Å²) in [5.41, 5.74) is 1.71. The molecule has 0 unspecified atom stereocenters. The number of furan rings is 1. The third-order valence-electron chi connectivity index (χ3n) is 5.33. The van der Waals surface area contributed by atoms with Gasteiger partial charge in [0.15, 0.2) is 10.9 Å². The molecule has 0 radical (unpaired) electrons. The van der Waals surface area contributed by atoms with Crippen LogP contribution in [0.25, 0.3) is 10.2 Å². The Kier molecular flexibility index (Phi) is 6.68. The molecule has 1 aliphatic heterocycles. The number of thiazole rings is 1. The van der Waals surface area contributed by atoms with E-state index >= 15 is 0 Å². The molecule has 0 aliphatic carbocycles. The summed E-state index contributed by atoms with van der Waals surface area (Å²) in [6.07, 6.45) is 0.709. The zero-order valence-electron chi connectivity index (χ0n) is 17.9. The quantitative estimate of drug-likeness (QED) is 0.371. The largest absolute Gasteiger partial charge is 0.494 e. The van der Waals surface area contributed by atoms with Crippen molar-refractivity contribution < 1.29 is 23.6 Å². The van der Waals surface area contributed by atoms with Crippen molar-refractivity contribution in [2.24, 2.45) is 0 Å². The molecule has 4 rings (SSSR count). The van der Waals surface area contributed by atoms with Gasteiger partial charge >= 0.3 is 5.88 Å². The molecule has 1 fully saturated rings. The lowest BCUT2D eigenvalue weighted by molar-refractivity contribution is -0.402. The third-order valence-corrected chi connectivity index (χ3v) is 6.54. The second kappa shape index (κ2) is 9.63. The molecule has 1 aliphatic rings. The van der Waals surface area contributed by atoms with Crippen LogP contribution in [0.4, 0.5) is 11.0 Å². The van der Waals surface area contributed by atoms with Gasteiger partial charge < -0.3 is 13.9 Å². The number of carbonyl (C=O) groups excluding carboxylic acids is 1. The van der Waals surface area contributed by atoms with Gasteiger partial charge in [0.1, 0.15) is 16.2 Å². The molecule has 0 spiro atoms. The second-order valence-electron chi connectivity index (χ2n) is 7.42. The van der Waals surface area contributed by atoms with Crippen molar-refractivity contribution in [1.29, 1.82) is 0 Å². The molecule has 1 amide bonds. The third kappa shape index (κ3) is 4.59. The SMILES string of the molecule is COc1ccc(C)c2sc(N(CCCN3CCOCC3)C(=O)c3ccc([N+](=O)[O-])o3)nc12. The Morgan fingerprint density at radius 2 is 2.09 bits per heavy atom. The number of nitro groups is 1. The molecular weight excluding hydrogens is 436 g/mol. The number of benzene rings is 1. The van der Waals surface area contributed by atoms with Crippen LogP contribution in [0.3, 0.4) is 0 Å². The Bertz CT molecular complexity index is 1120. The van der Waals surface area contributed by atoms with E-state index in [2.05, 4.69) is 9.88 Å². The number of hydrogen-bond donors (Lipinski definition) is 0. The van der Waals surface area contributed by atoms with E-state index in [0.717, 1.165) is 29.9 Å². The zero-order valence-corrected chi connectivity index (χ0v) is 18.7. The monoisotopic (exact) mass is 460 g/mol. The first-order valence-electron chi connectivity index (χ1n) is 10.3. The number of aromatic nitrogens is 1. The zero-order chi connectivity index (χ0) is 22.7. The number of nitrogens with zero attached hydrogens (tertiary/aromatic N) is 4. The number of ether oxygens (including phenoxy) is 2. The average molecular weight is 461 g/mol. The van der Waals surface area contributed by atoms with E-state index in [4.69, 9.17) is 13.9 Å². The molecule has 0 bridgehead atoms. The molecule has 32 heavy (non-hydrogen) atoms. The highest BCUT2D eigenvalue weighted by molar-refractivity contribution is 7.22. The minimum Gasteiger partial charge on any atom is -0.494 e. The first-order valence-corrected chi connectivity index (χ1v) is 11.1. The van der Waals surface area contributed by atoms with E-state index in [1.807, 2.05) is 19.1 Å². The first-order chi connectivity index (χ1) is 15.5. The van der Waals surface area contributed by atoms with E-state index in [1.54, 1.807) is 7.11 Å². The fraction of sp³-hybridized carbons (Fsp3) is 0.429. The molecule has 10 nitrogen and oxygen atoms in total. The van der Waals surface area contributed by atoms with Crippen LogP contribution in [0.5, 0.6) is 5.75 Å². The number of morpholine rings is 1. The topological polar surface area (TPSA) is 111 Å². The standard InChI is InChI=1S/C21H24N4O6S/c1-14-4-5-15(29-2)18-19(14)32-21(22-18)24(9-3-8-23-10-12-30-13-11-23)20(26)16-6-7-17(31-16)25(27)28/h4-7H,3,8-13H2,1-2H3. The summed E-state index contributed by atoms with van der Waals surface area (Å²) in [6.45, 7) is 6.30. The highest BCUT2D eigenvalue weighted by Crippen LogP contribution is 2.37. The maximum atomic E-state index is 13.3. The summed E-state index contributed by atoms with van der Waals surface area (Å²) in [4.78, 5) is 32.1. The fourth-order valence-electron chi connectivity index (χ4n) is 3.61. The Morgan fingerprint density at radius 3 is 2.78 bits per heavy atom. The predicted octanol–water partition coefficient (Wildman–Crippen LogP) is 3.48. The van der Waals surface area contributed by atoms with Crippen molar-refractivity contribution in [2.75, 3.05) is 51.4 Å². The van der Waals surface area contributed by atoms with E-state index in [1.165, 1.54) is 28.4 Å². The number of carbonyl (C=O) groups is 1. The van der Waals surface area contributed by atoms with Crippen molar-refractivity contribution in [1.82, 2.24) is 9.88 Å². The highest BCUT2D eigenvalue weighted by Gasteiger charge is 2.27. The van der Waals surface area contributed by atoms with Crippen molar-refractivity contribution in [3.63, 3.8) is 0 Å². The van der Waals surface area contributed by atoms with Gasteiger partial charge in [0.05, 0.1) is 31.1 Å². The lowest BCUT2D eigenvalue weighted by atomic mass is 10.2. The number of rotatable bonds is 8. The van der Waals surface area contributed by atoms with Crippen LogP contribution in [0, 0.1) is 17.0 Å². The van der Waals surface area contributed by atoms with Crippen LogP contribution in [-0.2, 0) is 4.74 Å². The van der Waals surface area contributed by atoms with E-state index in [9.17, 15) is 14.9 Å². The van der Waals surface area contributed by atoms with E-state index < -0.39 is 16.7 Å². The molecule has 3 aromatic rings.